The van der Waals surface area contributed by atoms with E-state index in [2.05, 4.69) is 10.6 Å². The Balaban J connectivity index is 2.44. The minimum absolute atomic E-state index is 0.0412. The zero-order valence-electron chi connectivity index (χ0n) is 16.3. The molecule has 0 bridgehead atoms. The first-order valence-electron chi connectivity index (χ1n) is 9.29. The maximum absolute atomic E-state index is 13.1. The van der Waals surface area contributed by atoms with Gasteiger partial charge in [-0.2, -0.15) is 0 Å². The normalized spacial score (nSPS) is 30.9. The number of β-amino-alcohol motifs (C(OH)–C–C–N with tert-alkyl or cyclic N) is 1. The van der Waals surface area contributed by atoms with E-state index in [0.29, 0.717) is 0 Å². The van der Waals surface area contributed by atoms with Crippen LogP contribution < -0.4 is 10.6 Å². The first-order valence-corrected chi connectivity index (χ1v) is 9.29. The number of nitrogens with zero attached hydrogens (tertiary/aromatic N) is 1. The summed E-state index contributed by atoms with van der Waals surface area (Å²) >= 11 is 0. The van der Waals surface area contributed by atoms with Gasteiger partial charge in [0.25, 0.3) is 0 Å². The molecule has 3 amide bonds. The number of aliphatic hydroxyl groups is 1. The quantitative estimate of drug-likeness (QED) is 0.610. The Morgan fingerprint density at radius 3 is 2.38 bits per heavy atom. The summed E-state index contributed by atoms with van der Waals surface area (Å²) in [6.45, 7) is 7.49. The Hall–Kier alpha value is -1.89. The fraction of sp³-hybridized carbons (Fsp3) is 0.737. The molecule has 0 aromatic carbocycles. The first kappa shape index (κ1) is 20.4. The Morgan fingerprint density at radius 1 is 1.23 bits per heavy atom. The molecule has 2 aliphatic rings. The molecule has 7 nitrogen and oxygen atoms in total. The Bertz CT molecular complexity index is 596. The van der Waals surface area contributed by atoms with Crippen molar-refractivity contribution in [3.8, 4) is 0 Å². The molecule has 1 aliphatic heterocycles. The first-order chi connectivity index (χ1) is 12.2. The summed E-state index contributed by atoms with van der Waals surface area (Å²) in [6.07, 6.45) is 4.62. The number of rotatable bonds is 5. The van der Waals surface area contributed by atoms with Crippen molar-refractivity contribution in [2.45, 2.75) is 45.7 Å². The smallest absolute Gasteiger partial charge is 0.243 e. The molecule has 0 saturated carbocycles. The molecule has 1 saturated heterocycles. The van der Waals surface area contributed by atoms with Crippen LogP contribution in [-0.2, 0) is 14.4 Å². The highest BCUT2D eigenvalue weighted by atomic mass is 16.3. The molecule has 0 aromatic rings. The number of allylic oxidation sites excluding steroid dienone is 1. The summed E-state index contributed by atoms with van der Waals surface area (Å²) in [7, 11) is 1.57. The molecule has 1 aliphatic carbocycles. The van der Waals surface area contributed by atoms with Crippen molar-refractivity contribution in [1.82, 2.24) is 15.5 Å². The molecule has 5 atom stereocenters. The molecule has 0 aromatic heterocycles. The van der Waals surface area contributed by atoms with Gasteiger partial charge in [-0.1, -0.05) is 19.1 Å². The fourth-order valence-electron chi connectivity index (χ4n) is 4.20. The van der Waals surface area contributed by atoms with E-state index in [0.717, 1.165) is 6.42 Å². The van der Waals surface area contributed by atoms with Gasteiger partial charge in [0.15, 0.2) is 0 Å². The minimum atomic E-state index is -0.708. The van der Waals surface area contributed by atoms with Gasteiger partial charge < -0.3 is 20.6 Å². The largest absolute Gasteiger partial charge is 0.395 e. The third kappa shape index (κ3) is 3.77. The van der Waals surface area contributed by atoms with Gasteiger partial charge in [0.05, 0.1) is 18.4 Å². The van der Waals surface area contributed by atoms with E-state index < -0.39 is 23.4 Å². The van der Waals surface area contributed by atoms with Gasteiger partial charge in [0, 0.05) is 25.0 Å². The molecule has 0 unspecified atom stereocenters. The fourth-order valence-corrected chi connectivity index (χ4v) is 4.20. The summed E-state index contributed by atoms with van der Waals surface area (Å²) in [5.41, 5.74) is -0.437. The van der Waals surface area contributed by atoms with Gasteiger partial charge in [0.1, 0.15) is 6.04 Å². The topological polar surface area (TPSA) is 98.7 Å². The van der Waals surface area contributed by atoms with Crippen LogP contribution in [0.5, 0.6) is 0 Å². The van der Waals surface area contributed by atoms with Gasteiger partial charge in [0.2, 0.25) is 17.7 Å². The van der Waals surface area contributed by atoms with Crippen LogP contribution in [0.25, 0.3) is 0 Å². The maximum atomic E-state index is 13.1. The number of amides is 3. The molecule has 1 heterocycles. The van der Waals surface area contributed by atoms with E-state index >= 15 is 0 Å². The average Bonchev–Trinajstić information content (AvgIpc) is 2.84. The van der Waals surface area contributed by atoms with Crippen LogP contribution in [-0.4, -0.2) is 59.5 Å². The highest BCUT2D eigenvalue weighted by molar-refractivity contribution is 5.96. The van der Waals surface area contributed by atoms with Crippen LogP contribution >= 0.6 is 0 Å². The standard InChI is InChI=1S/C19H31N3O4/c1-6-11-7-8-12-14(13(11)16(24)20-5)18(26)22(9-10-23)15(12)17(25)21-19(2,3)4/h7-8,11-15,23H,6,9-10H2,1-5H3,(H,20,24)(H,21,25)/t11-,12+,13-,14+,15+/m1/s1. The molecule has 1 fully saturated rings. The van der Waals surface area contributed by atoms with Crippen molar-refractivity contribution in [3.63, 3.8) is 0 Å². The van der Waals surface area contributed by atoms with Crippen molar-refractivity contribution >= 4 is 17.7 Å². The lowest BCUT2D eigenvalue weighted by molar-refractivity contribution is -0.141. The molecule has 2 rings (SSSR count). The second-order valence-electron chi connectivity index (χ2n) is 8.14. The highest BCUT2D eigenvalue weighted by Crippen LogP contribution is 2.44. The van der Waals surface area contributed by atoms with Crippen LogP contribution in [0.4, 0.5) is 0 Å². The SMILES string of the molecule is CC[C@@H]1C=C[C@H]2[C@H](C(=O)N(CCO)[C@@H]2C(=O)NC(C)(C)C)[C@@H]1C(=O)NC. The predicted octanol–water partition coefficient (Wildman–Crippen LogP) is 0.295. The average molecular weight is 365 g/mol. The van der Waals surface area contributed by atoms with Crippen LogP contribution in [0, 0.1) is 23.7 Å². The summed E-state index contributed by atoms with van der Waals surface area (Å²) in [6, 6.07) is -0.708. The molecule has 0 radical (unpaired) electrons. The summed E-state index contributed by atoms with van der Waals surface area (Å²) in [5.74, 6) is -2.14. The molecule has 7 heteroatoms. The van der Waals surface area contributed by atoms with Crippen molar-refractivity contribution in [3.05, 3.63) is 12.2 Å². The van der Waals surface area contributed by atoms with E-state index in [4.69, 9.17) is 0 Å². The van der Waals surface area contributed by atoms with Crippen LogP contribution in [0.2, 0.25) is 0 Å². The summed E-state index contributed by atoms with van der Waals surface area (Å²) < 4.78 is 0. The second-order valence-corrected chi connectivity index (χ2v) is 8.14. The van der Waals surface area contributed by atoms with E-state index in [-0.39, 0.29) is 42.7 Å². The van der Waals surface area contributed by atoms with E-state index in [1.165, 1.54) is 4.90 Å². The van der Waals surface area contributed by atoms with E-state index in [1.807, 2.05) is 39.8 Å². The lowest BCUT2D eigenvalue weighted by Crippen LogP contribution is -2.53. The monoisotopic (exact) mass is 365 g/mol. The van der Waals surface area contributed by atoms with Gasteiger partial charge in [-0.15, -0.1) is 0 Å². The lowest BCUT2D eigenvalue weighted by atomic mass is 9.68. The summed E-state index contributed by atoms with van der Waals surface area (Å²) in [4.78, 5) is 40.0. The zero-order chi connectivity index (χ0) is 19.6. The number of hydrogen-bond acceptors (Lipinski definition) is 4. The number of hydrogen-bond donors (Lipinski definition) is 3. The van der Waals surface area contributed by atoms with Crippen molar-refractivity contribution < 1.29 is 19.5 Å². The van der Waals surface area contributed by atoms with Gasteiger partial charge in [-0.3, -0.25) is 14.4 Å². The van der Waals surface area contributed by atoms with Crippen molar-refractivity contribution in [2.24, 2.45) is 23.7 Å². The third-order valence-corrected chi connectivity index (χ3v) is 5.24. The van der Waals surface area contributed by atoms with Crippen LogP contribution in [0.3, 0.4) is 0 Å². The van der Waals surface area contributed by atoms with Gasteiger partial charge in [-0.25, -0.2) is 0 Å². The Labute approximate surface area is 155 Å². The molecular formula is C19H31N3O4. The second kappa shape index (κ2) is 7.78. The maximum Gasteiger partial charge on any atom is 0.243 e. The zero-order valence-corrected chi connectivity index (χ0v) is 16.3. The predicted molar refractivity (Wildman–Crippen MR) is 97.9 cm³/mol. The van der Waals surface area contributed by atoms with E-state index in [1.54, 1.807) is 7.05 Å². The molecule has 26 heavy (non-hydrogen) atoms. The lowest BCUT2D eigenvalue weighted by Gasteiger charge is -2.34. The number of carbonyl (C=O) groups is 3. The number of fused-ring (bicyclic) bond motifs is 1. The molecule has 146 valence electrons. The minimum Gasteiger partial charge on any atom is -0.395 e. The summed E-state index contributed by atoms with van der Waals surface area (Å²) in [5, 5.41) is 15.0. The van der Waals surface area contributed by atoms with E-state index in [9.17, 15) is 19.5 Å². The Morgan fingerprint density at radius 2 is 1.88 bits per heavy atom. The highest BCUT2D eigenvalue weighted by Gasteiger charge is 2.56. The number of nitrogens with one attached hydrogen (secondary N) is 2. The van der Waals surface area contributed by atoms with Crippen molar-refractivity contribution in [1.29, 1.82) is 0 Å². The number of likely N-dealkylation sites (tertiary alicyclic amines) is 1. The van der Waals surface area contributed by atoms with Gasteiger partial charge in [-0.05, 0) is 33.1 Å². The van der Waals surface area contributed by atoms with Gasteiger partial charge >= 0.3 is 0 Å². The van der Waals surface area contributed by atoms with Crippen LogP contribution in [0.15, 0.2) is 12.2 Å². The third-order valence-electron chi connectivity index (χ3n) is 5.24. The molecular weight excluding hydrogens is 334 g/mol. The van der Waals surface area contributed by atoms with Crippen molar-refractivity contribution in [2.75, 3.05) is 20.2 Å². The Kier molecular flexibility index (Phi) is 6.11. The number of aliphatic hydroxyl groups excluding tert-OH is 1. The molecule has 0 spiro atoms. The molecule has 3 N–H and O–H groups in total. The van der Waals surface area contributed by atoms with Crippen LogP contribution in [0.1, 0.15) is 34.1 Å². The number of carbonyl (C=O) groups excluding carboxylic acids is 3.